The molecule has 0 unspecified atom stereocenters. The third-order valence-electron chi connectivity index (χ3n) is 5.92. The fourth-order valence-corrected chi connectivity index (χ4v) is 5.63. The second-order valence-electron chi connectivity index (χ2n) is 8.24. The maximum atomic E-state index is 13.5. The van der Waals surface area contributed by atoms with Crippen molar-refractivity contribution in [3.63, 3.8) is 0 Å². The number of rotatable bonds is 8. The number of amides is 1. The Morgan fingerprint density at radius 1 is 1.00 bits per heavy atom. The van der Waals surface area contributed by atoms with Gasteiger partial charge < -0.3 is 14.5 Å². The topological polar surface area (TPSA) is 70.2 Å². The number of piperazine rings is 1. The number of carbonyl (C=O) groups excluding carboxylic acids is 1. The smallest absolute Gasteiger partial charge is 0.264 e. The fraction of sp³-hybridized carbons (Fsp3) is 0.269. The third kappa shape index (κ3) is 5.91. The van der Waals surface area contributed by atoms with E-state index in [2.05, 4.69) is 4.90 Å². The zero-order valence-corrected chi connectivity index (χ0v) is 21.4. The molecule has 1 heterocycles. The van der Waals surface area contributed by atoms with Gasteiger partial charge in [-0.25, -0.2) is 12.8 Å². The Morgan fingerprint density at radius 2 is 1.67 bits per heavy atom. The molecule has 3 aromatic rings. The summed E-state index contributed by atoms with van der Waals surface area (Å²) in [6.07, 6.45) is 0. The molecule has 190 valence electrons. The maximum Gasteiger partial charge on any atom is 0.264 e. The number of hydrogen-bond donors (Lipinski definition) is 0. The van der Waals surface area contributed by atoms with Crippen molar-refractivity contribution in [2.24, 2.45) is 0 Å². The average Bonchev–Trinajstić information content (AvgIpc) is 2.88. The normalized spacial score (nSPS) is 14.0. The molecule has 10 heteroatoms. The monoisotopic (exact) mass is 531 g/mol. The quantitative estimate of drug-likeness (QED) is 0.430. The summed E-state index contributed by atoms with van der Waals surface area (Å²) in [6, 6.07) is 18.6. The Morgan fingerprint density at radius 3 is 2.28 bits per heavy atom. The molecule has 1 fully saturated rings. The van der Waals surface area contributed by atoms with Crippen molar-refractivity contribution in [2.45, 2.75) is 11.8 Å². The van der Waals surface area contributed by atoms with Crippen molar-refractivity contribution in [1.29, 1.82) is 0 Å². The first-order valence-electron chi connectivity index (χ1n) is 11.6. The van der Waals surface area contributed by atoms with E-state index >= 15 is 0 Å². The van der Waals surface area contributed by atoms with Gasteiger partial charge in [-0.15, -0.1) is 0 Å². The summed E-state index contributed by atoms with van der Waals surface area (Å²) in [6.45, 7) is 4.02. The SMILES string of the molecule is CCOc1ccc(N(CC(=O)N2CCN(c3cccc(Cl)c3)CC2)S(=O)(=O)c2ccc(F)cc2)cc1. The number of hydrogen-bond acceptors (Lipinski definition) is 5. The number of carbonyl (C=O) groups is 1. The molecule has 0 spiro atoms. The van der Waals surface area contributed by atoms with E-state index in [9.17, 15) is 17.6 Å². The van der Waals surface area contributed by atoms with Crippen LogP contribution in [0.1, 0.15) is 6.92 Å². The second-order valence-corrected chi connectivity index (χ2v) is 10.5. The van der Waals surface area contributed by atoms with Crippen molar-refractivity contribution >= 4 is 38.9 Å². The van der Waals surface area contributed by atoms with Gasteiger partial charge >= 0.3 is 0 Å². The lowest BCUT2D eigenvalue weighted by atomic mass is 10.2. The molecule has 1 aliphatic rings. The van der Waals surface area contributed by atoms with Crippen molar-refractivity contribution < 1.29 is 22.3 Å². The lowest BCUT2D eigenvalue weighted by Crippen LogP contribution is -2.52. The Kier molecular flexibility index (Phi) is 8.01. The first-order chi connectivity index (χ1) is 17.3. The van der Waals surface area contributed by atoms with Crippen molar-refractivity contribution in [1.82, 2.24) is 4.90 Å². The van der Waals surface area contributed by atoms with Crippen LogP contribution in [0.3, 0.4) is 0 Å². The zero-order valence-electron chi connectivity index (χ0n) is 19.8. The number of nitrogens with zero attached hydrogens (tertiary/aromatic N) is 3. The molecule has 0 atom stereocenters. The van der Waals surface area contributed by atoms with Gasteiger partial charge in [0.05, 0.1) is 17.2 Å². The molecule has 4 rings (SSSR count). The number of halogens is 2. The number of anilines is 2. The molecule has 0 aliphatic carbocycles. The van der Waals surface area contributed by atoms with E-state index in [1.807, 2.05) is 31.2 Å². The summed E-state index contributed by atoms with van der Waals surface area (Å²) in [5.41, 5.74) is 1.29. The molecule has 1 amide bonds. The minimum absolute atomic E-state index is 0.101. The summed E-state index contributed by atoms with van der Waals surface area (Å²) in [5, 5.41) is 0.642. The lowest BCUT2D eigenvalue weighted by molar-refractivity contribution is -0.129. The highest BCUT2D eigenvalue weighted by molar-refractivity contribution is 7.92. The molecule has 0 N–H and O–H groups in total. The van der Waals surface area contributed by atoms with Crippen LogP contribution >= 0.6 is 11.6 Å². The molecule has 1 saturated heterocycles. The van der Waals surface area contributed by atoms with Crippen LogP contribution in [-0.2, 0) is 14.8 Å². The van der Waals surface area contributed by atoms with Crippen LogP contribution in [0, 0.1) is 5.82 Å². The van der Waals surface area contributed by atoms with Gasteiger partial charge in [0, 0.05) is 36.9 Å². The molecule has 7 nitrogen and oxygen atoms in total. The molecule has 36 heavy (non-hydrogen) atoms. The molecule has 0 saturated carbocycles. The van der Waals surface area contributed by atoms with E-state index in [1.54, 1.807) is 29.2 Å². The Hall–Kier alpha value is -3.30. The van der Waals surface area contributed by atoms with Crippen LogP contribution in [0.4, 0.5) is 15.8 Å². The first kappa shape index (κ1) is 25.8. The Bertz CT molecular complexity index is 1300. The second kappa shape index (κ2) is 11.2. The van der Waals surface area contributed by atoms with Crippen molar-refractivity contribution in [2.75, 3.05) is 48.5 Å². The lowest BCUT2D eigenvalue weighted by Gasteiger charge is -2.37. The van der Waals surface area contributed by atoms with E-state index in [0.717, 1.165) is 22.1 Å². The number of ether oxygens (including phenoxy) is 1. The van der Waals surface area contributed by atoms with E-state index in [4.69, 9.17) is 16.3 Å². The van der Waals surface area contributed by atoms with Gasteiger partial charge in [-0.05, 0) is 73.7 Å². The Balaban J connectivity index is 1.54. The molecule has 0 radical (unpaired) electrons. The van der Waals surface area contributed by atoms with Crippen LogP contribution in [-0.4, -0.2) is 58.6 Å². The highest BCUT2D eigenvalue weighted by Gasteiger charge is 2.30. The van der Waals surface area contributed by atoms with Crippen LogP contribution in [0.25, 0.3) is 0 Å². The largest absolute Gasteiger partial charge is 0.494 e. The van der Waals surface area contributed by atoms with E-state index in [1.165, 1.54) is 12.1 Å². The van der Waals surface area contributed by atoms with Crippen molar-refractivity contribution in [3.8, 4) is 5.75 Å². The number of benzene rings is 3. The zero-order chi connectivity index (χ0) is 25.7. The van der Waals surface area contributed by atoms with E-state index in [-0.39, 0.29) is 17.3 Å². The summed E-state index contributed by atoms with van der Waals surface area (Å²) in [5.74, 6) is -0.278. The Labute approximate surface area is 215 Å². The predicted octanol–water partition coefficient (Wildman–Crippen LogP) is 4.42. The van der Waals surface area contributed by atoms with Crippen molar-refractivity contribution in [3.05, 3.63) is 83.6 Å². The van der Waals surface area contributed by atoms with Gasteiger partial charge in [-0.1, -0.05) is 17.7 Å². The standard InChI is InChI=1S/C26H27ClFN3O4S/c1-2-35-24-10-8-22(9-11-24)31(36(33,34)25-12-6-21(28)7-13-25)19-26(32)30-16-14-29(15-17-30)23-5-3-4-20(27)18-23/h3-13,18H,2,14-17,19H2,1H3. The maximum absolute atomic E-state index is 13.5. The van der Waals surface area contributed by atoms with Gasteiger partial charge in [0.2, 0.25) is 5.91 Å². The van der Waals surface area contributed by atoms with Gasteiger partial charge in [-0.3, -0.25) is 9.10 Å². The summed E-state index contributed by atoms with van der Waals surface area (Å²) in [4.78, 5) is 17.0. The molecule has 1 aliphatic heterocycles. The summed E-state index contributed by atoms with van der Waals surface area (Å²) in [7, 11) is -4.13. The molecular weight excluding hydrogens is 505 g/mol. The van der Waals surface area contributed by atoms with Crippen LogP contribution in [0.2, 0.25) is 5.02 Å². The molecule has 3 aromatic carbocycles. The minimum Gasteiger partial charge on any atom is -0.494 e. The van der Waals surface area contributed by atoms with Crippen LogP contribution < -0.4 is 13.9 Å². The molecular formula is C26H27ClFN3O4S. The fourth-order valence-electron chi connectivity index (χ4n) is 4.03. The molecule has 0 bridgehead atoms. The van der Waals surface area contributed by atoms with Crippen LogP contribution in [0.5, 0.6) is 5.75 Å². The first-order valence-corrected chi connectivity index (χ1v) is 13.4. The summed E-state index contributed by atoms with van der Waals surface area (Å²) < 4.78 is 47.0. The third-order valence-corrected chi connectivity index (χ3v) is 7.95. The summed E-state index contributed by atoms with van der Waals surface area (Å²) >= 11 is 6.11. The highest BCUT2D eigenvalue weighted by atomic mass is 35.5. The van der Waals surface area contributed by atoms with Gasteiger partial charge in [0.1, 0.15) is 18.1 Å². The van der Waals surface area contributed by atoms with Gasteiger partial charge in [0.15, 0.2) is 0 Å². The van der Waals surface area contributed by atoms with Gasteiger partial charge in [0.25, 0.3) is 10.0 Å². The van der Waals surface area contributed by atoms with Gasteiger partial charge in [-0.2, -0.15) is 0 Å². The van der Waals surface area contributed by atoms with E-state index < -0.39 is 15.8 Å². The molecule has 0 aromatic heterocycles. The van der Waals surface area contributed by atoms with E-state index in [0.29, 0.717) is 49.2 Å². The average molecular weight is 532 g/mol. The minimum atomic E-state index is -4.13. The number of sulfonamides is 1. The highest BCUT2D eigenvalue weighted by Crippen LogP contribution is 2.27. The predicted molar refractivity (Wildman–Crippen MR) is 139 cm³/mol. The van der Waals surface area contributed by atoms with Crippen LogP contribution in [0.15, 0.2) is 77.7 Å².